The Hall–Kier alpha value is -1.69. The molecule has 1 unspecified atom stereocenters. The van der Waals surface area contributed by atoms with Crippen molar-refractivity contribution in [2.45, 2.75) is 18.9 Å². The number of nitrogens with zero attached hydrogens (tertiary/aromatic N) is 4. The molecule has 1 atom stereocenters. The summed E-state index contributed by atoms with van der Waals surface area (Å²) in [4.78, 5) is 22.9. The fourth-order valence-corrected chi connectivity index (χ4v) is 4.15. The molecule has 0 spiro atoms. The molecule has 0 aromatic heterocycles. The summed E-state index contributed by atoms with van der Waals surface area (Å²) in [5.41, 5.74) is 1.50. The highest BCUT2D eigenvalue weighted by Crippen LogP contribution is 2.28. The highest BCUT2D eigenvalue weighted by Gasteiger charge is 2.39. The highest BCUT2D eigenvalue weighted by atomic mass is 16.1. The summed E-state index contributed by atoms with van der Waals surface area (Å²) >= 11 is 0. The van der Waals surface area contributed by atoms with Crippen molar-refractivity contribution < 1.29 is 4.79 Å². The summed E-state index contributed by atoms with van der Waals surface area (Å²) < 4.78 is 0. The molecular formula is C22H34N4O. The Balaban J connectivity index is 1.75. The van der Waals surface area contributed by atoms with Gasteiger partial charge in [-0.3, -0.25) is 9.69 Å². The van der Waals surface area contributed by atoms with Gasteiger partial charge in [-0.1, -0.05) is 6.08 Å². The molecule has 27 heavy (non-hydrogen) atoms. The van der Waals surface area contributed by atoms with Gasteiger partial charge in [0, 0.05) is 63.6 Å². The molecule has 0 amide bonds. The molecule has 2 saturated heterocycles. The molecule has 0 aliphatic carbocycles. The van der Waals surface area contributed by atoms with Crippen LogP contribution >= 0.6 is 0 Å². The maximum atomic E-state index is 13.4. The van der Waals surface area contributed by atoms with E-state index in [1.807, 2.05) is 18.2 Å². The molecule has 2 aliphatic heterocycles. The number of Topliss-reactive ketones (excluding diaryl/α,β-unsaturated/α-hetero) is 1. The molecule has 0 bridgehead atoms. The molecule has 2 fully saturated rings. The van der Waals surface area contributed by atoms with Crippen molar-refractivity contribution >= 4 is 11.5 Å². The maximum Gasteiger partial charge on any atom is 0.183 e. The number of carbonyl (C=O) groups excluding carboxylic acids is 1. The number of rotatable bonds is 6. The lowest BCUT2D eigenvalue weighted by molar-refractivity contribution is 0.0407. The van der Waals surface area contributed by atoms with E-state index in [2.05, 4.69) is 59.3 Å². The number of hydrogen-bond acceptors (Lipinski definition) is 5. The molecule has 0 saturated carbocycles. The lowest BCUT2D eigenvalue weighted by Crippen LogP contribution is -2.58. The monoisotopic (exact) mass is 370 g/mol. The van der Waals surface area contributed by atoms with Crippen LogP contribution in [0, 0.1) is 0 Å². The van der Waals surface area contributed by atoms with Crippen molar-refractivity contribution in [2.24, 2.45) is 0 Å². The second-order valence-electron chi connectivity index (χ2n) is 8.22. The number of anilines is 1. The van der Waals surface area contributed by atoms with Crippen LogP contribution in [0.25, 0.3) is 0 Å². The van der Waals surface area contributed by atoms with Crippen LogP contribution in [0.5, 0.6) is 0 Å². The van der Waals surface area contributed by atoms with Crippen LogP contribution in [0.15, 0.2) is 36.9 Å². The van der Waals surface area contributed by atoms with E-state index in [0.29, 0.717) is 6.42 Å². The van der Waals surface area contributed by atoms with Gasteiger partial charge in [-0.25, -0.2) is 0 Å². The summed E-state index contributed by atoms with van der Waals surface area (Å²) in [6.45, 7) is 14.1. The lowest BCUT2D eigenvalue weighted by atomic mass is 9.85. The van der Waals surface area contributed by atoms with E-state index >= 15 is 0 Å². The van der Waals surface area contributed by atoms with Crippen LogP contribution in [0.3, 0.4) is 0 Å². The number of carbonyl (C=O) groups is 1. The van der Waals surface area contributed by atoms with Crippen LogP contribution in [0.4, 0.5) is 5.69 Å². The summed E-state index contributed by atoms with van der Waals surface area (Å²) in [5, 5.41) is 0. The first kappa shape index (κ1) is 20.1. The molecule has 0 radical (unpaired) electrons. The third kappa shape index (κ3) is 4.42. The normalized spacial score (nSPS) is 22.4. The summed E-state index contributed by atoms with van der Waals surface area (Å²) in [6, 6.07) is 8.23. The average molecular weight is 371 g/mol. The third-order valence-electron chi connectivity index (χ3n) is 6.23. The molecule has 148 valence electrons. The van der Waals surface area contributed by atoms with Crippen LogP contribution in [0.2, 0.25) is 0 Å². The third-order valence-corrected chi connectivity index (χ3v) is 6.23. The van der Waals surface area contributed by atoms with Gasteiger partial charge in [0.2, 0.25) is 0 Å². The Labute approximate surface area is 164 Å². The molecule has 3 rings (SSSR count). The minimum absolute atomic E-state index is 0.205. The van der Waals surface area contributed by atoms with Gasteiger partial charge in [0.25, 0.3) is 0 Å². The van der Waals surface area contributed by atoms with Crippen LogP contribution in [0.1, 0.15) is 23.7 Å². The molecule has 1 aromatic rings. The van der Waals surface area contributed by atoms with E-state index in [9.17, 15) is 4.79 Å². The largest absolute Gasteiger partial charge is 0.369 e. The Morgan fingerprint density at radius 2 is 1.48 bits per heavy atom. The van der Waals surface area contributed by atoms with E-state index < -0.39 is 5.54 Å². The molecule has 5 heteroatoms. The fraction of sp³-hybridized carbons (Fsp3) is 0.591. The molecule has 0 N–H and O–H groups in total. The van der Waals surface area contributed by atoms with Crippen molar-refractivity contribution in [2.75, 3.05) is 71.4 Å². The van der Waals surface area contributed by atoms with Gasteiger partial charge in [-0.15, -0.1) is 6.58 Å². The molecule has 1 aromatic carbocycles. The minimum Gasteiger partial charge on any atom is -0.369 e. The molecule has 2 heterocycles. The maximum absolute atomic E-state index is 13.4. The molecular weight excluding hydrogens is 336 g/mol. The van der Waals surface area contributed by atoms with E-state index in [0.717, 1.165) is 57.9 Å². The fourth-order valence-electron chi connectivity index (χ4n) is 4.15. The Morgan fingerprint density at radius 3 is 2.00 bits per heavy atom. The summed E-state index contributed by atoms with van der Waals surface area (Å²) in [5.74, 6) is 0.205. The molecule has 2 aliphatic rings. The van der Waals surface area contributed by atoms with Crippen LogP contribution in [-0.4, -0.2) is 92.5 Å². The number of likely N-dealkylation sites (N-methyl/N-ethyl adjacent to an activating group) is 2. The summed E-state index contributed by atoms with van der Waals surface area (Å²) in [7, 11) is 4.30. The van der Waals surface area contributed by atoms with E-state index in [1.165, 1.54) is 5.69 Å². The van der Waals surface area contributed by atoms with Crippen molar-refractivity contribution in [3.63, 3.8) is 0 Å². The first-order valence-corrected chi connectivity index (χ1v) is 10.1. The number of piperazine rings is 2. The zero-order valence-corrected chi connectivity index (χ0v) is 17.2. The average Bonchev–Trinajstić information content (AvgIpc) is 2.69. The van der Waals surface area contributed by atoms with Gasteiger partial charge in [0.1, 0.15) is 0 Å². The zero-order valence-electron chi connectivity index (χ0n) is 17.2. The Morgan fingerprint density at radius 1 is 0.963 bits per heavy atom. The Bertz CT molecular complexity index is 643. The van der Waals surface area contributed by atoms with Crippen molar-refractivity contribution in [3.05, 3.63) is 42.5 Å². The van der Waals surface area contributed by atoms with Gasteiger partial charge in [0.15, 0.2) is 5.78 Å². The standard InChI is InChI=1S/C22H34N4O/c1-5-10-22(2,26-17-13-24(4)14-18-26)21(27)19-6-8-20(9-7-19)25-15-11-23(3)12-16-25/h5-9H,1,10-18H2,2-4H3. The second kappa shape index (κ2) is 8.55. The van der Waals surface area contributed by atoms with Crippen molar-refractivity contribution in [3.8, 4) is 0 Å². The smallest absolute Gasteiger partial charge is 0.183 e. The van der Waals surface area contributed by atoms with Gasteiger partial charge >= 0.3 is 0 Å². The first-order chi connectivity index (χ1) is 12.9. The lowest BCUT2D eigenvalue weighted by Gasteiger charge is -2.44. The minimum atomic E-state index is -0.516. The SMILES string of the molecule is C=CCC(C)(C(=O)c1ccc(N2CCN(C)CC2)cc1)N1CCN(C)CC1. The van der Waals surface area contributed by atoms with Crippen LogP contribution in [-0.2, 0) is 0 Å². The highest BCUT2D eigenvalue weighted by molar-refractivity contribution is 6.03. The second-order valence-corrected chi connectivity index (χ2v) is 8.22. The van der Waals surface area contributed by atoms with E-state index in [1.54, 1.807) is 0 Å². The van der Waals surface area contributed by atoms with Gasteiger partial charge in [-0.2, -0.15) is 0 Å². The number of benzene rings is 1. The number of ketones is 1. The quantitative estimate of drug-likeness (QED) is 0.566. The van der Waals surface area contributed by atoms with Crippen molar-refractivity contribution in [1.82, 2.24) is 14.7 Å². The van der Waals surface area contributed by atoms with Gasteiger partial charge in [-0.05, 0) is 51.7 Å². The van der Waals surface area contributed by atoms with Gasteiger partial charge < -0.3 is 14.7 Å². The van der Waals surface area contributed by atoms with Gasteiger partial charge in [0.05, 0.1) is 5.54 Å². The Kier molecular flexibility index (Phi) is 6.35. The topological polar surface area (TPSA) is 30.0 Å². The number of hydrogen-bond donors (Lipinski definition) is 0. The predicted octanol–water partition coefficient (Wildman–Crippen LogP) is 2.20. The van der Waals surface area contributed by atoms with Crippen LogP contribution < -0.4 is 4.90 Å². The predicted molar refractivity (Wildman–Crippen MR) is 113 cm³/mol. The first-order valence-electron chi connectivity index (χ1n) is 10.1. The van der Waals surface area contributed by atoms with E-state index in [4.69, 9.17) is 0 Å². The van der Waals surface area contributed by atoms with Crippen molar-refractivity contribution in [1.29, 1.82) is 0 Å². The summed E-state index contributed by atoms with van der Waals surface area (Å²) in [6.07, 6.45) is 2.56. The molecule has 5 nitrogen and oxygen atoms in total. The van der Waals surface area contributed by atoms with E-state index in [-0.39, 0.29) is 5.78 Å². The zero-order chi connectivity index (χ0) is 19.4.